The fourth-order valence-electron chi connectivity index (χ4n) is 2.10. The van der Waals surface area contributed by atoms with Crippen molar-refractivity contribution >= 4 is 21.6 Å². The summed E-state index contributed by atoms with van der Waals surface area (Å²) in [6, 6.07) is 2.23. The molecule has 0 aliphatic heterocycles. The van der Waals surface area contributed by atoms with E-state index in [4.69, 9.17) is 11.6 Å². The Kier molecular flexibility index (Phi) is 6.59. The summed E-state index contributed by atoms with van der Waals surface area (Å²) in [4.78, 5) is -0.0622. The van der Waals surface area contributed by atoms with E-state index in [1.165, 1.54) is 10.4 Å². The molecule has 0 amide bonds. The molecule has 0 radical (unpaired) electrons. The smallest absolute Gasteiger partial charge is 0.243 e. The molecule has 0 spiro atoms. The van der Waals surface area contributed by atoms with Crippen molar-refractivity contribution in [1.82, 2.24) is 9.62 Å². The van der Waals surface area contributed by atoms with Gasteiger partial charge in [0.2, 0.25) is 10.0 Å². The van der Waals surface area contributed by atoms with E-state index in [2.05, 4.69) is 5.32 Å². The maximum Gasteiger partial charge on any atom is 0.243 e. The summed E-state index contributed by atoms with van der Waals surface area (Å²) < 4.78 is 40.4. The van der Waals surface area contributed by atoms with Gasteiger partial charge in [0.1, 0.15) is 5.82 Å². The van der Waals surface area contributed by atoms with E-state index in [0.717, 1.165) is 6.07 Å². The third-order valence-electron chi connectivity index (χ3n) is 3.14. The molecule has 0 saturated carbocycles. The van der Waals surface area contributed by atoms with Crippen LogP contribution in [-0.2, 0) is 16.6 Å². The molecule has 0 heterocycles. The number of rotatable bonds is 7. The van der Waals surface area contributed by atoms with Gasteiger partial charge in [-0.15, -0.1) is 0 Å². The Labute approximate surface area is 131 Å². The Morgan fingerprint density at radius 1 is 1.33 bits per heavy atom. The van der Waals surface area contributed by atoms with Crippen LogP contribution in [0.25, 0.3) is 0 Å². The molecular formula is C14H22ClFN2O2S. The summed E-state index contributed by atoms with van der Waals surface area (Å²) in [7, 11) is -3.73. The Bertz CT molecular complexity index is 591. The van der Waals surface area contributed by atoms with Crippen LogP contribution in [0.4, 0.5) is 4.39 Å². The van der Waals surface area contributed by atoms with Crippen LogP contribution in [-0.4, -0.2) is 31.9 Å². The third kappa shape index (κ3) is 4.16. The van der Waals surface area contributed by atoms with E-state index < -0.39 is 15.8 Å². The second-order valence-corrected chi connectivity index (χ2v) is 7.23. The molecule has 1 aromatic rings. The highest BCUT2D eigenvalue weighted by atomic mass is 35.5. The van der Waals surface area contributed by atoms with E-state index >= 15 is 0 Å². The molecule has 0 bridgehead atoms. The number of halogens is 2. The van der Waals surface area contributed by atoms with Crippen LogP contribution in [0.15, 0.2) is 17.0 Å². The third-order valence-corrected chi connectivity index (χ3v) is 5.69. The van der Waals surface area contributed by atoms with Crippen molar-refractivity contribution in [2.24, 2.45) is 0 Å². The maximum absolute atomic E-state index is 13.9. The zero-order chi connectivity index (χ0) is 16.2. The molecule has 1 rings (SSSR count). The Balaban J connectivity index is 3.33. The van der Waals surface area contributed by atoms with Crippen molar-refractivity contribution in [2.75, 3.05) is 13.1 Å². The zero-order valence-corrected chi connectivity index (χ0v) is 14.4. The van der Waals surface area contributed by atoms with E-state index in [1.807, 2.05) is 6.92 Å². The molecule has 0 aliphatic rings. The number of hydrogen-bond acceptors (Lipinski definition) is 3. The summed E-state index contributed by atoms with van der Waals surface area (Å²) in [5.41, 5.74) is 0.442. The van der Waals surface area contributed by atoms with Crippen LogP contribution >= 0.6 is 11.6 Å². The molecule has 0 atom stereocenters. The molecule has 21 heavy (non-hydrogen) atoms. The highest BCUT2D eigenvalue weighted by molar-refractivity contribution is 7.89. The average molecular weight is 337 g/mol. The van der Waals surface area contributed by atoms with E-state index in [1.54, 1.807) is 20.8 Å². The molecule has 4 nitrogen and oxygen atoms in total. The van der Waals surface area contributed by atoms with Crippen LogP contribution in [0.1, 0.15) is 33.3 Å². The predicted octanol–water partition coefficient (Wildman–Crippen LogP) is 3.01. The van der Waals surface area contributed by atoms with Crippen LogP contribution in [0.2, 0.25) is 5.02 Å². The van der Waals surface area contributed by atoms with Gasteiger partial charge in [-0.05, 0) is 38.1 Å². The van der Waals surface area contributed by atoms with Gasteiger partial charge in [-0.25, -0.2) is 12.8 Å². The van der Waals surface area contributed by atoms with E-state index in [9.17, 15) is 12.8 Å². The number of benzene rings is 1. The summed E-state index contributed by atoms with van der Waals surface area (Å²) in [6.07, 6.45) is 0. The lowest BCUT2D eigenvalue weighted by Gasteiger charge is -2.24. The first-order valence-corrected chi connectivity index (χ1v) is 8.77. The van der Waals surface area contributed by atoms with Gasteiger partial charge >= 0.3 is 0 Å². The molecule has 120 valence electrons. The van der Waals surface area contributed by atoms with Crippen LogP contribution < -0.4 is 5.32 Å². The van der Waals surface area contributed by atoms with Gasteiger partial charge in [-0.2, -0.15) is 4.31 Å². The molecule has 7 heteroatoms. The van der Waals surface area contributed by atoms with Crippen LogP contribution in [0, 0.1) is 5.82 Å². The first-order valence-electron chi connectivity index (χ1n) is 6.96. The maximum atomic E-state index is 13.9. The first-order chi connectivity index (χ1) is 9.75. The van der Waals surface area contributed by atoms with Gasteiger partial charge in [-0.3, -0.25) is 0 Å². The zero-order valence-electron chi connectivity index (χ0n) is 12.8. The fourth-order valence-corrected chi connectivity index (χ4v) is 3.99. The first kappa shape index (κ1) is 18.4. The predicted molar refractivity (Wildman–Crippen MR) is 83.5 cm³/mol. The molecule has 0 unspecified atom stereocenters. The highest BCUT2D eigenvalue weighted by Crippen LogP contribution is 2.27. The van der Waals surface area contributed by atoms with Crippen molar-refractivity contribution in [3.05, 3.63) is 28.5 Å². The highest BCUT2D eigenvalue weighted by Gasteiger charge is 2.27. The average Bonchev–Trinajstić information content (AvgIpc) is 2.40. The standard InChI is InChI=1S/C14H22ClFN2O2S/c1-5-17-9-11-7-12(8-13(16)14(11)15)21(19,20)18(6-2)10(3)4/h7-8,10,17H,5-6,9H2,1-4H3. The van der Waals surface area contributed by atoms with E-state index in [-0.39, 0.29) is 16.0 Å². The van der Waals surface area contributed by atoms with Gasteiger partial charge in [-0.1, -0.05) is 25.4 Å². The molecular weight excluding hydrogens is 315 g/mol. The summed E-state index contributed by atoms with van der Waals surface area (Å²) in [5.74, 6) is -0.717. The van der Waals surface area contributed by atoms with Crippen molar-refractivity contribution < 1.29 is 12.8 Å². The van der Waals surface area contributed by atoms with Gasteiger partial charge in [0.15, 0.2) is 0 Å². The molecule has 1 aromatic carbocycles. The SMILES string of the molecule is CCNCc1cc(S(=O)(=O)N(CC)C(C)C)cc(F)c1Cl. The lowest BCUT2D eigenvalue weighted by atomic mass is 10.2. The fraction of sp³-hybridized carbons (Fsp3) is 0.571. The van der Waals surface area contributed by atoms with Crippen molar-refractivity contribution in [1.29, 1.82) is 0 Å². The molecule has 0 saturated heterocycles. The quantitative estimate of drug-likeness (QED) is 0.832. The lowest BCUT2D eigenvalue weighted by molar-refractivity contribution is 0.369. The minimum atomic E-state index is -3.73. The topological polar surface area (TPSA) is 49.4 Å². The summed E-state index contributed by atoms with van der Waals surface area (Å²) >= 11 is 5.90. The van der Waals surface area contributed by atoms with E-state index in [0.29, 0.717) is 25.2 Å². The minimum absolute atomic E-state index is 0.0394. The second-order valence-electron chi connectivity index (χ2n) is 4.96. The normalized spacial score (nSPS) is 12.4. The minimum Gasteiger partial charge on any atom is -0.313 e. The largest absolute Gasteiger partial charge is 0.313 e. The van der Waals surface area contributed by atoms with Gasteiger partial charge < -0.3 is 5.32 Å². The second kappa shape index (κ2) is 7.54. The van der Waals surface area contributed by atoms with Gasteiger partial charge in [0.05, 0.1) is 9.92 Å². The molecule has 0 aromatic heterocycles. The number of nitrogens with zero attached hydrogens (tertiary/aromatic N) is 1. The Hall–Kier alpha value is -0.690. The molecule has 1 N–H and O–H groups in total. The van der Waals surface area contributed by atoms with Gasteiger partial charge in [0.25, 0.3) is 0 Å². The number of sulfonamides is 1. The lowest BCUT2D eigenvalue weighted by Crippen LogP contribution is -2.36. The van der Waals surface area contributed by atoms with Crippen molar-refractivity contribution in [3.63, 3.8) is 0 Å². The monoisotopic (exact) mass is 336 g/mol. The number of hydrogen-bond donors (Lipinski definition) is 1. The summed E-state index contributed by atoms with van der Waals surface area (Å²) in [5, 5.41) is 2.98. The van der Waals surface area contributed by atoms with Crippen molar-refractivity contribution in [2.45, 2.75) is 45.2 Å². The Morgan fingerprint density at radius 2 is 1.95 bits per heavy atom. The van der Waals surface area contributed by atoms with Crippen LogP contribution in [0.3, 0.4) is 0 Å². The molecule has 0 aliphatic carbocycles. The van der Waals surface area contributed by atoms with Crippen LogP contribution in [0.5, 0.6) is 0 Å². The van der Waals surface area contributed by atoms with Gasteiger partial charge in [0, 0.05) is 19.1 Å². The summed E-state index contributed by atoms with van der Waals surface area (Å²) in [6.45, 7) is 8.56. The molecule has 0 fully saturated rings. The Morgan fingerprint density at radius 3 is 2.43 bits per heavy atom. The number of nitrogens with one attached hydrogen (secondary N) is 1. The van der Waals surface area contributed by atoms with Crippen molar-refractivity contribution in [3.8, 4) is 0 Å².